The second kappa shape index (κ2) is 5.76. The zero-order valence-corrected chi connectivity index (χ0v) is 13.4. The summed E-state index contributed by atoms with van der Waals surface area (Å²) in [5, 5.41) is 11.8. The number of nitrogens with zero attached hydrogens (tertiary/aromatic N) is 2. The van der Waals surface area contributed by atoms with E-state index in [9.17, 15) is 13.2 Å². The molecule has 0 saturated carbocycles. The lowest BCUT2D eigenvalue weighted by Crippen LogP contribution is -2.31. The Kier molecular flexibility index (Phi) is 4.38. The average molecular weight is 314 g/mol. The van der Waals surface area contributed by atoms with Gasteiger partial charge >= 0.3 is 0 Å². The summed E-state index contributed by atoms with van der Waals surface area (Å²) in [6, 6.07) is 0. The molecule has 2 rings (SSSR count). The highest BCUT2D eigenvalue weighted by Gasteiger charge is 2.33. The number of aromatic nitrogens is 2. The maximum absolute atomic E-state index is 12.5. The van der Waals surface area contributed by atoms with Gasteiger partial charge in [0.1, 0.15) is 4.90 Å². The maximum Gasteiger partial charge on any atom is 0.275 e. The number of hydrogen-bond donors (Lipinski definition) is 2. The number of primary sulfonamides is 1. The minimum Gasteiger partial charge on any atom is -0.337 e. The summed E-state index contributed by atoms with van der Waals surface area (Å²) < 4.78 is 23.7. The maximum atomic E-state index is 12.5. The summed E-state index contributed by atoms with van der Waals surface area (Å²) in [5.74, 6) is -0.0112. The quantitative estimate of drug-likeness (QED) is 0.865. The fraction of sp³-hybridized carbons (Fsp3) is 0.692. The lowest BCUT2D eigenvalue weighted by molar-refractivity contribution is 0.0777. The summed E-state index contributed by atoms with van der Waals surface area (Å²) in [6.45, 7) is 6.99. The largest absolute Gasteiger partial charge is 0.337 e. The Balaban J connectivity index is 2.39. The molecule has 1 saturated heterocycles. The minimum atomic E-state index is -4.00. The van der Waals surface area contributed by atoms with Crippen LogP contribution in [0.1, 0.15) is 55.7 Å². The Labute approximate surface area is 124 Å². The van der Waals surface area contributed by atoms with Crippen LogP contribution in [0, 0.1) is 5.92 Å². The molecule has 118 valence electrons. The molecule has 0 spiro atoms. The third-order valence-electron chi connectivity index (χ3n) is 3.96. The number of nitrogens with one attached hydrogen (secondary N) is 1. The van der Waals surface area contributed by atoms with E-state index in [-0.39, 0.29) is 22.4 Å². The van der Waals surface area contributed by atoms with Gasteiger partial charge in [-0.05, 0) is 18.3 Å². The molecule has 1 fully saturated rings. The van der Waals surface area contributed by atoms with Crippen LogP contribution in [0.2, 0.25) is 0 Å². The first-order chi connectivity index (χ1) is 9.75. The third-order valence-corrected chi connectivity index (χ3v) is 4.95. The molecule has 7 nitrogen and oxygen atoms in total. The number of likely N-dealkylation sites (tertiary alicyclic amines) is 1. The predicted octanol–water partition coefficient (Wildman–Crippen LogP) is 1.05. The summed E-state index contributed by atoms with van der Waals surface area (Å²) in [4.78, 5) is 14.0. The van der Waals surface area contributed by atoms with Crippen molar-refractivity contribution in [1.29, 1.82) is 0 Å². The molecule has 1 atom stereocenters. The van der Waals surface area contributed by atoms with E-state index in [0.29, 0.717) is 24.7 Å². The first-order valence-electron chi connectivity index (χ1n) is 7.16. The van der Waals surface area contributed by atoms with E-state index < -0.39 is 10.0 Å². The zero-order valence-electron chi connectivity index (χ0n) is 12.6. The standard InChI is InChI=1S/C13H22N4O3S/c1-4-9-5-6-17(7-9)13(18)11-12(21(14,19)20)10(8(2)3)15-16-11/h8-9H,4-7H2,1-3H3,(H,15,16)(H2,14,19,20). The lowest BCUT2D eigenvalue weighted by Gasteiger charge is -2.15. The van der Waals surface area contributed by atoms with Crippen LogP contribution in [-0.4, -0.2) is 42.5 Å². The van der Waals surface area contributed by atoms with Gasteiger partial charge < -0.3 is 4.90 Å². The Bertz CT molecular complexity index is 636. The highest BCUT2D eigenvalue weighted by molar-refractivity contribution is 7.89. The van der Waals surface area contributed by atoms with Crippen molar-refractivity contribution in [3.63, 3.8) is 0 Å². The van der Waals surface area contributed by atoms with Crippen LogP contribution in [0.15, 0.2) is 4.90 Å². The molecule has 21 heavy (non-hydrogen) atoms. The molecule has 1 aliphatic rings. The van der Waals surface area contributed by atoms with Crippen molar-refractivity contribution >= 4 is 15.9 Å². The molecule has 1 aromatic rings. The van der Waals surface area contributed by atoms with Crippen molar-refractivity contribution in [2.45, 2.75) is 44.4 Å². The topological polar surface area (TPSA) is 109 Å². The molecule has 0 aromatic carbocycles. The predicted molar refractivity (Wildman–Crippen MR) is 78.4 cm³/mol. The van der Waals surface area contributed by atoms with Crippen LogP contribution in [0.3, 0.4) is 0 Å². The molecular weight excluding hydrogens is 292 g/mol. The molecule has 0 bridgehead atoms. The third kappa shape index (κ3) is 3.11. The van der Waals surface area contributed by atoms with Crippen LogP contribution < -0.4 is 5.14 Å². The van der Waals surface area contributed by atoms with Crippen molar-refractivity contribution in [2.75, 3.05) is 13.1 Å². The number of carbonyl (C=O) groups is 1. The van der Waals surface area contributed by atoms with Crippen molar-refractivity contribution in [2.24, 2.45) is 11.1 Å². The molecule has 1 unspecified atom stereocenters. The van der Waals surface area contributed by atoms with Gasteiger partial charge in [-0.1, -0.05) is 27.2 Å². The fourth-order valence-electron chi connectivity index (χ4n) is 2.67. The first kappa shape index (κ1) is 16.0. The summed E-state index contributed by atoms with van der Waals surface area (Å²) in [6.07, 6.45) is 1.94. The van der Waals surface area contributed by atoms with Gasteiger partial charge in [0, 0.05) is 13.1 Å². The summed E-state index contributed by atoms with van der Waals surface area (Å²) in [5.41, 5.74) is 0.296. The number of aromatic amines is 1. The van der Waals surface area contributed by atoms with Crippen LogP contribution in [-0.2, 0) is 10.0 Å². The highest BCUT2D eigenvalue weighted by Crippen LogP contribution is 2.27. The van der Waals surface area contributed by atoms with Gasteiger partial charge in [-0.2, -0.15) is 5.10 Å². The number of H-pyrrole nitrogens is 1. The number of nitrogens with two attached hydrogens (primary N) is 1. The summed E-state index contributed by atoms with van der Waals surface area (Å²) in [7, 11) is -4.00. The molecule has 2 heterocycles. The Morgan fingerprint density at radius 3 is 2.67 bits per heavy atom. The Morgan fingerprint density at radius 1 is 1.52 bits per heavy atom. The Morgan fingerprint density at radius 2 is 2.19 bits per heavy atom. The number of carbonyl (C=O) groups excluding carboxylic acids is 1. The summed E-state index contributed by atoms with van der Waals surface area (Å²) >= 11 is 0. The zero-order chi connectivity index (χ0) is 15.8. The molecule has 0 aliphatic carbocycles. The van der Waals surface area contributed by atoms with Crippen molar-refractivity contribution in [3.05, 3.63) is 11.4 Å². The number of sulfonamides is 1. The van der Waals surface area contributed by atoms with Gasteiger partial charge in [0.25, 0.3) is 5.91 Å². The minimum absolute atomic E-state index is 0.0852. The van der Waals surface area contributed by atoms with Gasteiger partial charge in [-0.15, -0.1) is 0 Å². The SMILES string of the molecule is CCC1CCN(C(=O)c2n[nH]c(C(C)C)c2S(N)(=O)=O)C1. The van der Waals surface area contributed by atoms with E-state index in [4.69, 9.17) is 5.14 Å². The van der Waals surface area contributed by atoms with Crippen LogP contribution >= 0.6 is 0 Å². The average Bonchev–Trinajstić information content (AvgIpc) is 3.03. The van der Waals surface area contributed by atoms with E-state index in [1.165, 1.54) is 0 Å². The van der Waals surface area contributed by atoms with Crippen molar-refractivity contribution in [3.8, 4) is 0 Å². The van der Waals surface area contributed by atoms with E-state index in [0.717, 1.165) is 12.8 Å². The molecule has 1 aliphatic heterocycles. The van der Waals surface area contributed by atoms with E-state index in [2.05, 4.69) is 17.1 Å². The van der Waals surface area contributed by atoms with Gasteiger partial charge in [0.2, 0.25) is 10.0 Å². The molecular formula is C13H22N4O3S. The molecule has 1 amide bonds. The van der Waals surface area contributed by atoms with E-state index in [1.54, 1.807) is 4.90 Å². The van der Waals surface area contributed by atoms with Gasteiger partial charge in [-0.25, -0.2) is 13.6 Å². The van der Waals surface area contributed by atoms with Gasteiger partial charge in [0.05, 0.1) is 5.69 Å². The lowest BCUT2D eigenvalue weighted by atomic mass is 10.1. The normalized spacial score (nSPS) is 19.5. The fourth-order valence-corrected chi connectivity index (χ4v) is 3.66. The molecule has 3 N–H and O–H groups in total. The molecule has 8 heteroatoms. The number of amides is 1. The second-order valence-corrected chi connectivity index (χ2v) is 7.33. The van der Waals surface area contributed by atoms with Crippen LogP contribution in [0.5, 0.6) is 0 Å². The van der Waals surface area contributed by atoms with Crippen LogP contribution in [0.4, 0.5) is 0 Å². The Hall–Kier alpha value is -1.41. The van der Waals surface area contributed by atoms with Gasteiger partial charge in [0.15, 0.2) is 5.69 Å². The van der Waals surface area contributed by atoms with Crippen LogP contribution in [0.25, 0.3) is 0 Å². The van der Waals surface area contributed by atoms with Gasteiger partial charge in [-0.3, -0.25) is 9.89 Å². The second-order valence-electron chi connectivity index (χ2n) is 5.83. The molecule has 1 aromatic heterocycles. The number of rotatable bonds is 4. The molecule has 0 radical (unpaired) electrons. The smallest absolute Gasteiger partial charge is 0.275 e. The highest BCUT2D eigenvalue weighted by atomic mass is 32.2. The van der Waals surface area contributed by atoms with Crippen molar-refractivity contribution in [1.82, 2.24) is 15.1 Å². The van der Waals surface area contributed by atoms with Crippen molar-refractivity contribution < 1.29 is 13.2 Å². The van der Waals surface area contributed by atoms with E-state index >= 15 is 0 Å². The number of hydrogen-bond acceptors (Lipinski definition) is 4. The first-order valence-corrected chi connectivity index (χ1v) is 8.70. The van der Waals surface area contributed by atoms with E-state index in [1.807, 2.05) is 13.8 Å². The monoisotopic (exact) mass is 314 g/mol.